The van der Waals surface area contributed by atoms with Gasteiger partial charge in [-0.2, -0.15) is 0 Å². The first kappa shape index (κ1) is 15.9. The van der Waals surface area contributed by atoms with Crippen molar-refractivity contribution in [2.75, 3.05) is 30.9 Å². The molecule has 1 aromatic heterocycles. The average molecular weight is 303 g/mol. The van der Waals surface area contributed by atoms with Crippen LogP contribution in [0.25, 0.3) is 0 Å². The van der Waals surface area contributed by atoms with Crippen molar-refractivity contribution in [1.82, 2.24) is 4.98 Å². The van der Waals surface area contributed by atoms with E-state index in [9.17, 15) is 9.18 Å². The van der Waals surface area contributed by atoms with E-state index < -0.39 is 0 Å². The number of amides is 1. The van der Waals surface area contributed by atoms with Crippen molar-refractivity contribution in [3.8, 4) is 0 Å². The zero-order valence-corrected chi connectivity index (χ0v) is 12.3. The first-order valence-corrected chi connectivity index (χ1v) is 6.90. The summed E-state index contributed by atoms with van der Waals surface area (Å²) in [4.78, 5) is 16.0. The molecular formula is C16H18FN3O2. The molecule has 116 valence electrons. The van der Waals surface area contributed by atoms with Crippen LogP contribution in [0.4, 0.5) is 15.9 Å². The highest BCUT2D eigenvalue weighted by Crippen LogP contribution is 2.10. The monoisotopic (exact) mass is 303 g/mol. The summed E-state index contributed by atoms with van der Waals surface area (Å²) in [6.07, 6.45) is 1.82. The Morgan fingerprint density at radius 3 is 2.64 bits per heavy atom. The molecule has 5 nitrogen and oxygen atoms in total. The van der Waals surface area contributed by atoms with Gasteiger partial charge in [0.05, 0.1) is 24.9 Å². The number of aromatic nitrogens is 1. The second-order valence-electron chi connectivity index (χ2n) is 4.70. The van der Waals surface area contributed by atoms with Gasteiger partial charge in [0, 0.05) is 13.7 Å². The molecular weight excluding hydrogens is 285 g/mol. The number of rotatable bonds is 7. The van der Waals surface area contributed by atoms with Gasteiger partial charge in [-0.15, -0.1) is 0 Å². The van der Waals surface area contributed by atoms with Crippen LogP contribution in [0.3, 0.4) is 0 Å². The normalized spacial score (nSPS) is 10.3. The van der Waals surface area contributed by atoms with E-state index in [0.717, 1.165) is 11.3 Å². The summed E-state index contributed by atoms with van der Waals surface area (Å²) in [6.45, 7) is 1.30. The third kappa shape index (κ3) is 5.14. The van der Waals surface area contributed by atoms with Gasteiger partial charge >= 0.3 is 0 Å². The van der Waals surface area contributed by atoms with E-state index in [4.69, 9.17) is 4.74 Å². The van der Waals surface area contributed by atoms with Crippen LogP contribution in [-0.4, -0.2) is 31.2 Å². The van der Waals surface area contributed by atoms with Gasteiger partial charge in [0.2, 0.25) is 5.91 Å². The standard InChI is InChI=1S/C16H18FN3O2/c1-22-9-8-18-14-6-7-15(19-11-14)20-16(21)10-12-2-4-13(17)5-3-12/h2-7,11,18H,8-10H2,1H3,(H,19,20,21). The molecule has 0 aliphatic rings. The van der Waals surface area contributed by atoms with Crippen LogP contribution >= 0.6 is 0 Å². The number of anilines is 2. The molecule has 22 heavy (non-hydrogen) atoms. The van der Waals surface area contributed by atoms with Gasteiger partial charge in [0.25, 0.3) is 0 Å². The van der Waals surface area contributed by atoms with Crippen molar-refractivity contribution < 1.29 is 13.9 Å². The molecule has 0 atom stereocenters. The third-order valence-corrected chi connectivity index (χ3v) is 2.94. The third-order valence-electron chi connectivity index (χ3n) is 2.94. The quantitative estimate of drug-likeness (QED) is 0.771. The van der Waals surface area contributed by atoms with Gasteiger partial charge < -0.3 is 15.4 Å². The summed E-state index contributed by atoms with van der Waals surface area (Å²) in [5.41, 5.74) is 1.60. The minimum absolute atomic E-state index is 0.176. The molecule has 0 spiro atoms. The minimum atomic E-state index is -0.317. The highest BCUT2D eigenvalue weighted by atomic mass is 19.1. The maximum atomic E-state index is 12.8. The molecule has 1 amide bonds. The molecule has 2 N–H and O–H groups in total. The Balaban J connectivity index is 1.84. The van der Waals surface area contributed by atoms with E-state index in [-0.39, 0.29) is 18.1 Å². The number of methoxy groups -OCH3 is 1. The zero-order chi connectivity index (χ0) is 15.8. The van der Waals surface area contributed by atoms with Crippen LogP contribution < -0.4 is 10.6 Å². The van der Waals surface area contributed by atoms with E-state index >= 15 is 0 Å². The van der Waals surface area contributed by atoms with Crippen LogP contribution in [0, 0.1) is 5.82 Å². The first-order valence-electron chi connectivity index (χ1n) is 6.90. The molecule has 2 aromatic rings. The van der Waals surface area contributed by atoms with Gasteiger partial charge in [-0.3, -0.25) is 4.79 Å². The zero-order valence-electron chi connectivity index (χ0n) is 12.3. The van der Waals surface area contributed by atoms with Crippen molar-refractivity contribution in [2.24, 2.45) is 0 Å². The lowest BCUT2D eigenvalue weighted by Gasteiger charge is -2.07. The van der Waals surface area contributed by atoms with Gasteiger partial charge in [0.1, 0.15) is 11.6 Å². The van der Waals surface area contributed by atoms with Gasteiger partial charge in [-0.1, -0.05) is 12.1 Å². The Morgan fingerprint density at radius 1 is 1.23 bits per heavy atom. The van der Waals surface area contributed by atoms with E-state index in [1.54, 1.807) is 31.5 Å². The molecule has 0 radical (unpaired) electrons. The molecule has 0 fully saturated rings. The molecule has 0 bridgehead atoms. The fourth-order valence-corrected chi connectivity index (χ4v) is 1.84. The number of carbonyl (C=O) groups is 1. The number of nitrogens with one attached hydrogen (secondary N) is 2. The Bertz CT molecular complexity index is 600. The van der Waals surface area contributed by atoms with Crippen LogP contribution in [0.5, 0.6) is 0 Å². The summed E-state index contributed by atoms with van der Waals surface area (Å²) >= 11 is 0. The van der Waals surface area contributed by atoms with Gasteiger partial charge in [-0.05, 0) is 29.8 Å². The minimum Gasteiger partial charge on any atom is -0.383 e. The number of hydrogen-bond acceptors (Lipinski definition) is 4. The van der Waals surface area contributed by atoms with Crippen molar-refractivity contribution in [2.45, 2.75) is 6.42 Å². The van der Waals surface area contributed by atoms with Crippen molar-refractivity contribution >= 4 is 17.4 Å². The molecule has 1 heterocycles. The predicted molar refractivity (Wildman–Crippen MR) is 83.3 cm³/mol. The second-order valence-corrected chi connectivity index (χ2v) is 4.70. The maximum absolute atomic E-state index is 12.8. The highest BCUT2D eigenvalue weighted by Gasteiger charge is 2.05. The van der Waals surface area contributed by atoms with Crippen molar-refractivity contribution in [3.05, 3.63) is 54.0 Å². The number of hydrogen-bond donors (Lipinski definition) is 2. The number of ether oxygens (including phenoxy) is 1. The van der Waals surface area contributed by atoms with Crippen LogP contribution in [0.1, 0.15) is 5.56 Å². The summed E-state index contributed by atoms with van der Waals surface area (Å²) in [6, 6.07) is 9.40. The molecule has 0 saturated carbocycles. The van der Waals surface area contributed by atoms with Crippen LogP contribution in [0.2, 0.25) is 0 Å². The van der Waals surface area contributed by atoms with Crippen molar-refractivity contribution in [3.63, 3.8) is 0 Å². The molecule has 1 aromatic carbocycles. The summed E-state index contributed by atoms with van der Waals surface area (Å²) in [7, 11) is 1.64. The van der Waals surface area contributed by atoms with E-state index in [0.29, 0.717) is 19.0 Å². The van der Waals surface area contributed by atoms with Crippen LogP contribution in [0.15, 0.2) is 42.6 Å². The highest BCUT2D eigenvalue weighted by molar-refractivity contribution is 5.91. The molecule has 0 aliphatic heterocycles. The summed E-state index contributed by atoms with van der Waals surface area (Å²) < 4.78 is 17.7. The molecule has 0 saturated heterocycles. The molecule has 2 rings (SSSR count). The Morgan fingerprint density at radius 2 is 2.00 bits per heavy atom. The fraction of sp³-hybridized carbons (Fsp3) is 0.250. The smallest absolute Gasteiger partial charge is 0.229 e. The second kappa shape index (κ2) is 8.09. The number of benzene rings is 1. The number of halogens is 1. The lowest BCUT2D eigenvalue weighted by molar-refractivity contribution is -0.115. The predicted octanol–water partition coefficient (Wildman–Crippen LogP) is 2.46. The Hall–Kier alpha value is -2.47. The number of carbonyl (C=O) groups excluding carboxylic acids is 1. The largest absolute Gasteiger partial charge is 0.383 e. The fourth-order valence-electron chi connectivity index (χ4n) is 1.84. The summed E-state index contributed by atoms with van der Waals surface area (Å²) in [5.74, 6) is -0.0361. The van der Waals surface area contributed by atoms with Crippen molar-refractivity contribution in [1.29, 1.82) is 0 Å². The van der Waals surface area contributed by atoms with Crippen LogP contribution in [-0.2, 0) is 16.0 Å². The molecule has 0 unspecified atom stereocenters. The van der Waals surface area contributed by atoms with E-state index in [1.807, 2.05) is 6.07 Å². The average Bonchev–Trinajstić information content (AvgIpc) is 2.51. The lowest BCUT2D eigenvalue weighted by atomic mass is 10.1. The van der Waals surface area contributed by atoms with E-state index in [2.05, 4.69) is 15.6 Å². The molecule has 6 heteroatoms. The maximum Gasteiger partial charge on any atom is 0.229 e. The molecule has 0 aliphatic carbocycles. The van der Waals surface area contributed by atoms with Gasteiger partial charge in [0.15, 0.2) is 0 Å². The van der Waals surface area contributed by atoms with E-state index in [1.165, 1.54) is 12.1 Å². The Labute approximate surface area is 128 Å². The van der Waals surface area contributed by atoms with Gasteiger partial charge in [-0.25, -0.2) is 9.37 Å². The number of nitrogens with zero attached hydrogens (tertiary/aromatic N) is 1. The Kier molecular flexibility index (Phi) is 5.85. The number of pyridine rings is 1. The SMILES string of the molecule is COCCNc1ccc(NC(=O)Cc2ccc(F)cc2)nc1. The summed E-state index contributed by atoms with van der Waals surface area (Å²) in [5, 5.41) is 5.84. The first-order chi connectivity index (χ1) is 10.7. The lowest BCUT2D eigenvalue weighted by Crippen LogP contribution is -2.15. The topological polar surface area (TPSA) is 63.2 Å².